The molecule has 0 atom stereocenters. The number of para-hydroxylation sites is 1. The average molecular weight is 328 g/mol. The third-order valence-corrected chi connectivity index (χ3v) is 3.88. The van der Waals surface area contributed by atoms with Gasteiger partial charge in [-0.2, -0.15) is 4.52 Å². The number of hydrogen-bond donors (Lipinski definition) is 0. The SMILES string of the molecule is Cc1cccc(/C=C/c2cc(=O)n3c(ccn3-c3ccccc3)n2)n1. The summed E-state index contributed by atoms with van der Waals surface area (Å²) in [5, 5.41) is 0. The van der Waals surface area contributed by atoms with E-state index in [9.17, 15) is 4.79 Å². The number of nitrogens with zero attached hydrogens (tertiary/aromatic N) is 4. The number of hydrogen-bond acceptors (Lipinski definition) is 3. The molecule has 3 aromatic heterocycles. The summed E-state index contributed by atoms with van der Waals surface area (Å²) in [5.74, 6) is 0. The van der Waals surface area contributed by atoms with Crippen LogP contribution in [0.5, 0.6) is 0 Å². The molecule has 0 saturated heterocycles. The number of aryl methyl sites for hydroxylation is 1. The number of benzene rings is 1. The topological polar surface area (TPSA) is 52.2 Å². The summed E-state index contributed by atoms with van der Waals surface area (Å²) in [5.41, 5.74) is 3.78. The van der Waals surface area contributed by atoms with Crippen molar-refractivity contribution in [3.05, 3.63) is 94.3 Å². The van der Waals surface area contributed by atoms with Crippen LogP contribution in [0.1, 0.15) is 17.1 Å². The van der Waals surface area contributed by atoms with E-state index >= 15 is 0 Å². The van der Waals surface area contributed by atoms with Gasteiger partial charge in [-0.25, -0.2) is 4.98 Å². The van der Waals surface area contributed by atoms with Crippen LogP contribution in [0, 0.1) is 6.92 Å². The third-order valence-electron chi connectivity index (χ3n) is 3.88. The highest BCUT2D eigenvalue weighted by molar-refractivity contribution is 5.67. The van der Waals surface area contributed by atoms with Gasteiger partial charge in [0, 0.05) is 24.0 Å². The lowest BCUT2D eigenvalue weighted by Crippen LogP contribution is -2.19. The maximum atomic E-state index is 12.6. The summed E-state index contributed by atoms with van der Waals surface area (Å²) < 4.78 is 3.35. The van der Waals surface area contributed by atoms with Crippen molar-refractivity contribution < 1.29 is 0 Å². The van der Waals surface area contributed by atoms with Gasteiger partial charge in [-0.1, -0.05) is 24.3 Å². The smallest absolute Gasteiger partial charge is 0.267 e. The first-order valence-corrected chi connectivity index (χ1v) is 7.99. The molecule has 5 nitrogen and oxygen atoms in total. The summed E-state index contributed by atoms with van der Waals surface area (Å²) in [6, 6.07) is 18.9. The Labute approximate surface area is 144 Å². The molecule has 0 amide bonds. The summed E-state index contributed by atoms with van der Waals surface area (Å²) in [6.07, 6.45) is 5.51. The van der Waals surface area contributed by atoms with Gasteiger partial charge in [-0.15, -0.1) is 0 Å². The highest BCUT2D eigenvalue weighted by atomic mass is 16.1. The van der Waals surface area contributed by atoms with Crippen LogP contribution in [-0.4, -0.2) is 19.2 Å². The third kappa shape index (κ3) is 2.99. The van der Waals surface area contributed by atoms with E-state index in [0.29, 0.717) is 11.3 Å². The number of rotatable bonds is 3. The number of aromatic nitrogens is 4. The molecule has 0 bridgehead atoms. The highest BCUT2D eigenvalue weighted by Crippen LogP contribution is 2.10. The van der Waals surface area contributed by atoms with Crippen molar-refractivity contribution in [3.8, 4) is 5.69 Å². The van der Waals surface area contributed by atoms with Gasteiger partial charge in [0.25, 0.3) is 5.56 Å². The van der Waals surface area contributed by atoms with Gasteiger partial charge >= 0.3 is 0 Å². The summed E-state index contributed by atoms with van der Waals surface area (Å²) >= 11 is 0. The molecule has 0 spiro atoms. The number of fused-ring (bicyclic) bond motifs is 1. The molecule has 0 N–H and O–H groups in total. The highest BCUT2D eigenvalue weighted by Gasteiger charge is 2.06. The van der Waals surface area contributed by atoms with Crippen LogP contribution in [0.4, 0.5) is 0 Å². The first kappa shape index (κ1) is 15.1. The molecule has 3 heterocycles. The maximum absolute atomic E-state index is 12.6. The van der Waals surface area contributed by atoms with Gasteiger partial charge in [0.15, 0.2) is 5.65 Å². The molecular formula is C20H16N4O. The first-order chi connectivity index (χ1) is 12.2. The lowest BCUT2D eigenvalue weighted by Gasteiger charge is -2.06. The zero-order valence-corrected chi connectivity index (χ0v) is 13.7. The molecule has 0 fully saturated rings. The van der Waals surface area contributed by atoms with Crippen LogP contribution in [0.25, 0.3) is 23.5 Å². The Kier molecular flexibility index (Phi) is 3.74. The van der Waals surface area contributed by atoms with E-state index in [0.717, 1.165) is 17.1 Å². The molecule has 0 aliphatic rings. The number of pyridine rings is 1. The maximum Gasteiger partial charge on any atom is 0.273 e. The standard InChI is InChI=1S/C20H16N4O/c1-15-6-5-7-16(21-15)10-11-17-14-20(25)24-19(22-17)12-13-23(24)18-8-3-2-4-9-18/h2-14H,1H3/b11-10+. The quantitative estimate of drug-likeness (QED) is 0.579. The van der Waals surface area contributed by atoms with E-state index in [1.54, 1.807) is 9.20 Å². The minimum absolute atomic E-state index is 0.129. The largest absolute Gasteiger partial charge is 0.273 e. The van der Waals surface area contributed by atoms with E-state index in [1.807, 2.05) is 79.9 Å². The molecule has 1 aromatic carbocycles. The first-order valence-electron chi connectivity index (χ1n) is 7.99. The van der Waals surface area contributed by atoms with Crippen LogP contribution in [0.3, 0.4) is 0 Å². The lowest BCUT2D eigenvalue weighted by atomic mass is 10.2. The predicted molar refractivity (Wildman–Crippen MR) is 98.7 cm³/mol. The van der Waals surface area contributed by atoms with E-state index in [2.05, 4.69) is 9.97 Å². The molecule has 122 valence electrons. The Morgan fingerprint density at radius 3 is 2.48 bits per heavy atom. The molecule has 5 heteroatoms. The van der Waals surface area contributed by atoms with Crippen LogP contribution in [0.15, 0.2) is 71.7 Å². The second-order valence-electron chi connectivity index (χ2n) is 5.72. The van der Waals surface area contributed by atoms with Gasteiger partial charge in [-0.3, -0.25) is 14.5 Å². The molecular weight excluding hydrogens is 312 g/mol. The zero-order chi connectivity index (χ0) is 17.2. The lowest BCUT2D eigenvalue weighted by molar-refractivity contribution is 0.763. The van der Waals surface area contributed by atoms with Crippen LogP contribution in [-0.2, 0) is 0 Å². The van der Waals surface area contributed by atoms with Gasteiger partial charge < -0.3 is 0 Å². The Morgan fingerprint density at radius 1 is 0.880 bits per heavy atom. The van der Waals surface area contributed by atoms with Crippen molar-refractivity contribution in [2.45, 2.75) is 6.92 Å². The van der Waals surface area contributed by atoms with Crippen LogP contribution < -0.4 is 5.56 Å². The van der Waals surface area contributed by atoms with E-state index in [-0.39, 0.29) is 5.56 Å². The van der Waals surface area contributed by atoms with Gasteiger partial charge in [0.1, 0.15) is 0 Å². The summed E-state index contributed by atoms with van der Waals surface area (Å²) in [6.45, 7) is 1.94. The van der Waals surface area contributed by atoms with Crippen molar-refractivity contribution in [3.63, 3.8) is 0 Å². The minimum atomic E-state index is -0.129. The van der Waals surface area contributed by atoms with Gasteiger partial charge in [-0.05, 0) is 43.3 Å². The van der Waals surface area contributed by atoms with Crippen molar-refractivity contribution in [1.82, 2.24) is 19.2 Å². The predicted octanol–water partition coefficient (Wildman–Crippen LogP) is 3.36. The van der Waals surface area contributed by atoms with E-state index < -0.39 is 0 Å². The van der Waals surface area contributed by atoms with Crippen molar-refractivity contribution in [2.24, 2.45) is 0 Å². The fourth-order valence-corrected chi connectivity index (χ4v) is 2.74. The summed E-state index contributed by atoms with van der Waals surface area (Å²) in [7, 11) is 0. The second-order valence-corrected chi connectivity index (χ2v) is 5.72. The Hall–Kier alpha value is -3.47. The van der Waals surface area contributed by atoms with Crippen LogP contribution >= 0.6 is 0 Å². The molecule has 25 heavy (non-hydrogen) atoms. The second kappa shape index (κ2) is 6.20. The normalized spacial score (nSPS) is 11.4. The van der Waals surface area contributed by atoms with Crippen molar-refractivity contribution in [1.29, 1.82) is 0 Å². The molecule has 0 aliphatic carbocycles. The zero-order valence-electron chi connectivity index (χ0n) is 13.7. The fraction of sp³-hybridized carbons (Fsp3) is 0.0500. The molecule has 4 aromatic rings. The van der Waals surface area contributed by atoms with E-state index in [1.165, 1.54) is 6.07 Å². The summed E-state index contributed by atoms with van der Waals surface area (Å²) in [4.78, 5) is 21.5. The monoisotopic (exact) mass is 328 g/mol. The molecule has 0 saturated carbocycles. The Bertz CT molecular complexity index is 1120. The Morgan fingerprint density at radius 2 is 1.68 bits per heavy atom. The molecule has 4 rings (SSSR count). The molecule has 0 radical (unpaired) electrons. The van der Waals surface area contributed by atoms with Crippen LogP contribution in [0.2, 0.25) is 0 Å². The Balaban J connectivity index is 1.75. The van der Waals surface area contributed by atoms with Gasteiger partial charge in [0.05, 0.1) is 17.1 Å². The average Bonchev–Trinajstić information content (AvgIpc) is 3.05. The molecule has 0 unspecified atom stereocenters. The minimum Gasteiger partial charge on any atom is -0.267 e. The van der Waals surface area contributed by atoms with Crippen molar-refractivity contribution in [2.75, 3.05) is 0 Å². The fourth-order valence-electron chi connectivity index (χ4n) is 2.74. The van der Waals surface area contributed by atoms with Crippen molar-refractivity contribution >= 4 is 17.8 Å². The van der Waals surface area contributed by atoms with E-state index in [4.69, 9.17) is 0 Å². The molecule has 0 aliphatic heterocycles. The van der Waals surface area contributed by atoms with Gasteiger partial charge in [0.2, 0.25) is 0 Å².